The van der Waals surface area contributed by atoms with E-state index in [2.05, 4.69) is 11.1 Å². The van der Waals surface area contributed by atoms with E-state index < -0.39 is 0 Å². The lowest BCUT2D eigenvalue weighted by molar-refractivity contribution is -0.118. The van der Waals surface area contributed by atoms with E-state index in [1.54, 1.807) is 12.1 Å². The molecule has 5 heteroatoms. The first kappa shape index (κ1) is 16.0. The Kier molecular flexibility index (Phi) is 4.32. The maximum Gasteiger partial charge on any atom is 0.227 e. The summed E-state index contributed by atoms with van der Waals surface area (Å²) >= 11 is 1.52. The average molecular weight is 352 g/mol. The van der Waals surface area contributed by atoms with Gasteiger partial charge in [-0.05, 0) is 48.7 Å². The molecule has 0 unspecified atom stereocenters. The monoisotopic (exact) mass is 352 g/mol. The lowest BCUT2D eigenvalue weighted by atomic mass is 10.2. The van der Waals surface area contributed by atoms with E-state index in [9.17, 15) is 9.18 Å². The molecule has 4 rings (SSSR count). The van der Waals surface area contributed by atoms with Gasteiger partial charge in [0.1, 0.15) is 10.8 Å². The molecule has 0 saturated carbocycles. The highest BCUT2D eigenvalue weighted by Gasteiger charge is 2.23. The number of thiazole rings is 1. The molecule has 0 atom stereocenters. The molecule has 126 valence electrons. The molecule has 3 nitrogen and oxygen atoms in total. The summed E-state index contributed by atoms with van der Waals surface area (Å²) in [6.45, 7) is 0.760. The summed E-state index contributed by atoms with van der Waals surface area (Å²) in [5, 5.41) is 2.83. The van der Waals surface area contributed by atoms with Gasteiger partial charge in [0, 0.05) is 29.6 Å². The molecule has 0 aliphatic carbocycles. The van der Waals surface area contributed by atoms with E-state index in [0.29, 0.717) is 12.8 Å². The van der Waals surface area contributed by atoms with Crippen LogP contribution in [0.1, 0.15) is 17.7 Å². The molecular weight excluding hydrogens is 335 g/mol. The minimum absolute atomic E-state index is 0.140. The zero-order valence-corrected chi connectivity index (χ0v) is 14.4. The fourth-order valence-electron chi connectivity index (χ4n) is 3.11. The van der Waals surface area contributed by atoms with Crippen LogP contribution in [-0.4, -0.2) is 17.4 Å². The Bertz CT molecular complexity index is 904. The van der Waals surface area contributed by atoms with Crippen LogP contribution in [0.2, 0.25) is 0 Å². The second kappa shape index (κ2) is 6.76. The van der Waals surface area contributed by atoms with Gasteiger partial charge in [-0.15, -0.1) is 11.3 Å². The zero-order chi connectivity index (χ0) is 17.2. The van der Waals surface area contributed by atoms with Crippen LogP contribution < -0.4 is 4.90 Å². The molecule has 0 bridgehead atoms. The Labute approximate surface area is 149 Å². The van der Waals surface area contributed by atoms with Crippen molar-refractivity contribution in [3.05, 3.63) is 71.0 Å². The molecule has 1 amide bonds. The van der Waals surface area contributed by atoms with Crippen molar-refractivity contribution >= 4 is 22.9 Å². The average Bonchev–Trinajstić information content (AvgIpc) is 3.27. The number of amides is 1. The second-order valence-corrected chi connectivity index (χ2v) is 6.93. The van der Waals surface area contributed by atoms with Crippen molar-refractivity contribution in [2.75, 3.05) is 11.4 Å². The van der Waals surface area contributed by atoms with Crippen molar-refractivity contribution in [3.8, 4) is 10.6 Å². The molecule has 0 saturated heterocycles. The molecule has 0 N–H and O–H groups in total. The highest BCUT2D eigenvalue weighted by atomic mass is 32.1. The lowest BCUT2D eigenvalue weighted by Gasteiger charge is -2.16. The SMILES string of the molecule is O=C(CCc1csc(-c2ccc(F)cc2)n1)N1CCc2ccccc21. The quantitative estimate of drug-likeness (QED) is 0.694. The zero-order valence-electron chi connectivity index (χ0n) is 13.6. The maximum absolute atomic E-state index is 13.0. The fourth-order valence-corrected chi connectivity index (χ4v) is 3.97. The third kappa shape index (κ3) is 3.33. The molecule has 2 heterocycles. The second-order valence-electron chi connectivity index (χ2n) is 6.07. The van der Waals surface area contributed by atoms with Gasteiger partial charge in [-0.25, -0.2) is 9.37 Å². The smallest absolute Gasteiger partial charge is 0.227 e. The normalized spacial score (nSPS) is 13.1. The predicted molar refractivity (Wildman–Crippen MR) is 98.3 cm³/mol. The van der Waals surface area contributed by atoms with Crippen LogP contribution >= 0.6 is 11.3 Å². The summed E-state index contributed by atoms with van der Waals surface area (Å²) in [5.74, 6) is -0.113. The highest BCUT2D eigenvalue weighted by Crippen LogP contribution is 2.29. The number of hydrogen-bond acceptors (Lipinski definition) is 3. The van der Waals surface area contributed by atoms with Crippen molar-refractivity contribution in [2.45, 2.75) is 19.3 Å². The summed E-state index contributed by atoms with van der Waals surface area (Å²) in [5.41, 5.74) is 4.09. The molecule has 0 spiro atoms. The Hall–Kier alpha value is -2.53. The standard InChI is InChI=1S/C20H17FN2OS/c21-16-7-5-15(6-8-16)20-22-17(13-25-20)9-10-19(24)23-12-11-14-3-1-2-4-18(14)23/h1-8,13H,9-12H2. The summed E-state index contributed by atoms with van der Waals surface area (Å²) in [4.78, 5) is 19.0. The first-order valence-corrected chi connectivity index (χ1v) is 9.17. The minimum atomic E-state index is -0.253. The van der Waals surface area contributed by atoms with Crippen LogP contribution in [0.4, 0.5) is 10.1 Å². The van der Waals surface area contributed by atoms with Gasteiger partial charge in [-0.3, -0.25) is 4.79 Å². The van der Waals surface area contributed by atoms with Crippen molar-refractivity contribution in [1.82, 2.24) is 4.98 Å². The molecule has 25 heavy (non-hydrogen) atoms. The van der Waals surface area contributed by atoms with Gasteiger partial charge < -0.3 is 4.90 Å². The van der Waals surface area contributed by atoms with Gasteiger partial charge in [0.05, 0.1) is 5.69 Å². The number of rotatable bonds is 4. The van der Waals surface area contributed by atoms with Crippen LogP contribution in [0.5, 0.6) is 0 Å². The van der Waals surface area contributed by atoms with Crippen molar-refractivity contribution in [1.29, 1.82) is 0 Å². The Morgan fingerprint density at radius 3 is 2.80 bits per heavy atom. The van der Waals surface area contributed by atoms with Gasteiger partial charge in [-0.2, -0.15) is 0 Å². The third-order valence-electron chi connectivity index (χ3n) is 4.43. The van der Waals surface area contributed by atoms with E-state index in [1.165, 1.54) is 29.0 Å². The van der Waals surface area contributed by atoms with Crippen molar-refractivity contribution in [3.63, 3.8) is 0 Å². The molecule has 1 aromatic heterocycles. The summed E-state index contributed by atoms with van der Waals surface area (Å²) in [7, 11) is 0. The molecule has 1 aliphatic rings. The number of benzene rings is 2. The van der Waals surface area contributed by atoms with Crippen LogP contribution in [0.15, 0.2) is 53.9 Å². The molecule has 2 aromatic carbocycles. The van der Waals surface area contributed by atoms with E-state index >= 15 is 0 Å². The number of nitrogens with zero attached hydrogens (tertiary/aromatic N) is 2. The predicted octanol–water partition coefficient (Wildman–Crippen LogP) is 4.47. The number of aryl methyl sites for hydroxylation is 1. The largest absolute Gasteiger partial charge is 0.312 e. The number of carbonyl (C=O) groups is 1. The molecule has 0 fully saturated rings. The fraction of sp³-hybridized carbons (Fsp3) is 0.200. The Morgan fingerprint density at radius 1 is 1.16 bits per heavy atom. The van der Waals surface area contributed by atoms with Gasteiger partial charge in [-0.1, -0.05) is 18.2 Å². The van der Waals surface area contributed by atoms with E-state index in [4.69, 9.17) is 0 Å². The van der Waals surface area contributed by atoms with Crippen LogP contribution in [0.3, 0.4) is 0 Å². The summed E-state index contributed by atoms with van der Waals surface area (Å²) < 4.78 is 13.0. The van der Waals surface area contributed by atoms with Crippen LogP contribution in [0.25, 0.3) is 10.6 Å². The number of aromatic nitrogens is 1. The van der Waals surface area contributed by atoms with Gasteiger partial charge in [0.15, 0.2) is 0 Å². The molecule has 1 aliphatic heterocycles. The number of anilines is 1. The highest BCUT2D eigenvalue weighted by molar-refractivity contribution is 7.13. The van der Waals surface area contributed by atoms with Crippen molar-refractivity contribution < 1.29 is 9.18 Å². The summed E-state index contributed by atoms with van der Waals surface area (Å²) in [6.07, 6.45) is 1.99. The minimum Gasteiger partial charge on any atom is -0.312 e. The van der Waals surface area contributed by atoms with Gasteiger partial charge in [0.25, 0.3) is 0 Å². The third-order valence-corrected chi connectivity index (χ3v) is 5.37. The Balaban J connectivity index is 1.41. The van der Waals surface area contributed by atoms with E-state index in [-0.39, 0.29) is 11.7 Å². The number of fused-ring (bicyclic) bond motifs is 1. The molecule has 3 aromatic rings. The van der Waals surface area contributed by atoms with Crippen molar-refractivity contribution in [2.24, 2.45) is 0 Å². The first-order chi connectivity index (χ1) is 12.2. The van der Waals surface area contributed by atoms with E-state index in [0.717, 1.165) is 34.9 Å². The topological polar surface area (TPSA) is 33.2 Å². The van der Waals surface area contributed by atoms with Gasteiger partial charge >= 0.3 is 0 Å². The lowest BCUT2D eigenvalue weighted by Crippen LogP contribution is -2.29. The number of halogens is 1. The first-order valence-electron chi connectivity index (χ1n) is 8.29. The van der Waals surface area contributed by atoms with Crippen LogP contribution in [0, 0.1) is 5.82 Å². The number of para-hydroxylation sites is 1. The number of carbonyl (C=O) groups excluding carboxylic acids is 1. The maximum atomic E-state index is 13.0. The van der Waals surface area contributed by atoms with E-state index in [1.807, 2.05) is 28.5 Å². The molecular formula is C20H17FN2OS. The molecule has 0 radical (unpaired) electrons. The Morgan fingerprint density at radius 2 is 1.96 bits per heavy atom. The number of hydrogen-bond donors (Lipinski definition) is 0. The summed E-state index contributed by atoms with van der Waals surface area (Å²) in [6, 6.07) is 14.4. The van der Waals surface area contributed by atoms with Crippen LogP contribution in [-0.2, 0) is 17.6 Å². The van der Waals surface area contributed by atoms with Gasteiger partial charge in [0.2, 0.25) is 5.91 Å².